The van der Waals surface area contributed by atoms with Crippen molar-refractivity contribution >= 4 is 22.6 Å². The van der Waals surface area contributed by atoms with Gasteiger partial charge in [0.1, 0.15) is 0 Å². The summed E-state index contributed by atoms with van der Waals surface area (Å²) < 4.78 is 37.0. The maximum Gasteiger partial charge on any atom is 0.416 e. The lowest BCUT2D eigenvalue weighted by molar-refractivity contribution is -0.137. The first kappa shape index (κ1) is 12.3. The smallest absolute Gasteiger partial charge is 0.335 e. The molecule has 2 rings (SSSR count). The van der Waals surface area contributed by atoms with Gasteiger partial charge in [-0.15, -0.1) is 0 Å². The van der Waals surface area contributed by atoms with Gasteiger partial charge in [0.05, 0.1) is 12.1 Å². The van der Waals surface area contributed by atoms with Crippen LogP contribution in [0.1, 0.15) is 12.5 Å². The van der Waals surface area contributed by atoms with E-state index >= 15 is 0 Å². The molecule has 0 amide bonds. The van der Waals surface area contributed by atoms with E-state index in [0.717, 1.165) is 23.8 Å². The number of nitrogens with one attached hydrogen (secondary N) is 1. The third kappa shape index (κ3) is 3.15. The Bertz CT molecular complexity index is 425. The minimum Gasteiger partial charge on any atom is -0.335 e. The zero-order chi connectivity index (χ0) is 12.5. The molecule has 1 aliphatic heterocycles. The highest BCUT2D eigenvalue weighted by molar-refractivity contribution is 8.15. The fourth-order valence-electron chi connectivity index (χ4n) is 1.41. The van der Waals surface area contributed by atoms with Gasteiger partial charge in [-0.3, -0.25) is 4.99 Å². The second-order valence-electron chi connectivity index (χ2n) is 3.77. The van der Waals surface area contributed by atoms with Crippen molar-refractivity contribution in [3.63, 3.8) is 0 Å². The van der Waals surface area contributed by atoms with Crippen molar-refractivity contribution in [1.29, 1.82) is 0 Å². The van der Waals surface area contributed by atoms with Crippen molar-refractivity contribution in [1.82, 2.24) is 0 Å². The number of benzene rings is 1. The van der Waals surface area contributed by atoms with Gasteiger partial charge in [-0.25, -0.2) is 0 Å². The highest BCUT2D eigenvalue weighted by atomic mass is 32.2. The van der Waals surface area contributed by atoms with Crippen LogP contribution in [-0.4, -0.2) is 17.0 Å². The van der Waals surface area contributed by atoms with Gasteiger partial charge in [0.2, 0.25) is 0 Å². The summed E-state index contributed by atoms with van der Waals surface area (Å²) in [6.07, 6.45) is -4.29. The first-order valence-corrected chi connectivity index (χ1v) is 5.98. The summed E-state index contributed by atoms with van der Waals surface area (Å²) in [5, 5.41) is 4.18. The van der Waals surface area contributed by atoms with E-state index in [0.29, 0.717) is 10.9 Å². The van der Waals surface area contributed by atoms with Gasteiger partial charge in [0.25, 0.3) is 0 Å². The second-order valence-corrected chi connectivity index (χ2v) is 5.20. The first-order chi connectivity index (χ1) is 7.95. The van der Waals surface area contributed by atoms with Crippen molar-refractivity contribution in [3.8, 4) is 0 Å². The van der Waals surface area contributed by atoms with E-state index in [1.165, 1.54) is 12.1 Å². The fraction of sp³-hybridized carbons (Fsp3) is 0.364. The van der Waals surface area contributed by atoms with Crippen molar-refractivity contribution < 1.29 is 13.2 Å². The molecule has 1 unspecified atom stereocenters. The summed E-state index contributed by atoms with van der Waals surface area (Å²) in [7, 11) is 0. The van der Waals surface area contributed by atoms with Gasteiger partial charge in [-0.05, 0) is 24.3 Å². The molecular formula is C11H11F3N2S. The van der Waals surface area contributed by atoms with Crippen molar-refractivity contribution in [3.05, 3.63) is 29.8 Å². The topological polar surface area (TPSA) is 24.4 Å². The quantitative estimate of drug-likeness (QED) is 0.834. The molecule has 1 N–H and O–H groups in total. The van der Waals surface area contributed by atoms with Gasteiger partial charge < -0.3 is 5.32 Å². The van der Waals surface area contributed by atoms with Gasteiger partial charge in [0, 0.05) is 10.9 Å². The number of hydrogen-bond acceptors (Lipinski definition) is 3. The van der Waals surface area contributed by atoms with Crippen LogP contribution < -0.4 is 5.32 Å². The van der Waals surface area contributed by atoms with Crippen molar-refractivity contribution in [2.75, 3.05) is 11.9 Å². The zero-order valence-electron chi connectivity index (χ0n) is 9.08. The Balaban J connectivity index is 2.04. The Morgan fingerprint density at radius 2 is 1.94 bits per heavy atom. The Morgan fingerprint density at radius 1 is 1.29 bits per heavy atom. The molecule has 17 heavy (non-hydrogen) atoms. The molecule has 0 radical (unpaired) electrons. The van der Waals surface area contributed by atoms with Gasteiger partial charge in [-0.1, -0.05) is 18.7 Å². The average Bonchev–Trinajstić information content (AvgIpc) is 2.63. The SMILES string of the molecule is CC1CN=C(Nc2ccc(C(F)(F)F)cc2)S1. The molecule has 2 nitrogen and oxygen atoms in total. The molecule has 92 valence electrons. The standard InChI is InChI=1S/C11H11F3N2S/c1-7-6-15-10(17-7)16-9-4-2-8(3-5-9)11(12,13)14/h2-5,7H,6H2,1H3,(H,15,16). The Hall–Kier alpha value is -1.17. The summed E-state index contributed by atoms with van der Waals surface area (Å²) in [6.45, 7) is 2.79. The van der Waals surface area contributed by atoms with Gasteiger partial charge in [0.15, 0.2) is 5.17 Å². The number of thioether (sulfide) groups is 1. The molecule has 0 spiro atoms. The van der Waals surface area contributed by atoms with E-state index in [-0.39, 0.29) is 0 Å². The van der Waals surface area contributed by atoms with Crippen LogP contribution in [0.25, 0.3) is 0 Å². The summed E-state index contributed by atoms with van der Waals surface area (Å²) in [5.74, 6) is 0. The Labute approximate surface area is 101 Å². The van der Waals surface area contributed by atoms with E-state index in [9.17, 15) is 13.2 Å². The molecule has 0 aliphatic carbocycles. The third-order valence-electron chi connectivity index (χ3n) is 2.27. The van der Waals surface area contributed by atoms with E-state index < -0.39 is 11.7 Å². The molecule has 1 aromatic rings. The van der Waals surface area contributed by atoms with E-state index in [1.807, 2.05) is 0 Å². The van der Waals surface area contributed by atoms with Gasteiger partial charge in [-0.2, -0.15) is 13.2 Å². The molecule has 6 heteroatoms. The van der Waals surface area contributed by atoms with E-state index in [4.69, 9.17) is 0 Å². The van der Waals surface area contributed by atoms with Crippen LogP contribution in [0, 0.1) is 0 Å². The molecule has 1 heterocycles. The molecule has 0 aromatic heterocycles. The van der Waals surface area contributed by atoms with Crippen LogP contribution in [0.2, 0.25) is 0 Å². The van der Waals surface area contributed by atoms with Crippen LogP contribution in [-0.2, 0) is 6.18 Å². The van der Waals surface area contributed by atoms with Crippen LogP contribution in [0.15, 0.2) is 29.3 Å². The Morgan fingerprint density at radius 3 is 2.41 bits per heavy atom. The average molecular weight is 260 g/mol. The van der Waals surface area contributed by atoms with Gasteiger partial charge >= 0.3 is 6.18 Å². The number of aliphatic imine (C=N–C) groups is 1. The minimum atomic E-state index is -4.29. The number of amidine groups is 1. The fourth-order valence-corrected chi connectivity index (χ4v) is 2.27. The number of nitrogens with zero attached hydrogens (tertiary/aromatic N) is 1. The molecular weight excluding hydrogens is 249 g/mol. The number of halogens is 3. The predicted molar refractivity (Wildman–Crippen MR) is 64.4 cm³/mol. The Kier molecular flexibility index (Phi) is 3.33. The minimum absolute atomic E-state index is 0.423. The predicted octanol–water partition coefficient (Wildman–Crippen LogP) is 3.61. The summed E-state index contributed by atoms with van der Waals surface area (Å²) in [5.41, 5.74) is -0.0178. The molecule has 0 bridgehead atoms. The molecule has 0 fully saturated rings. The summed E-state index contributed by atoms with van der Waals surface area (Å²) in [4.78, 5) is 4.23. The lowest BCUT2D eigenvalue weighted by Gasteiger charge is -2.09. The lowest BCUT2D eigenvalue weighted by atomic mass is 10.2. The molecule has 1 aromatic carbocycles. The van der Waals surface area contributed by atoms with Crippen LogP contribution >= 0.6 is 11.8 Å². The van der Waals surface area contributed by atoms with Crippen molar-refractivity contribution in [2.45, 2.75) is 18.3 Å². The number of anilines is 1. The van der Waals surface area contributed by atoms with Crippen LogP contribution in [0.3, 0.4) is 0 Å². The summed E-state index contributed by atoms with van der Waals surface area (Å²) in [6, 6.07) is 4.95. The molecule has 0 saturated heterocycles. The second kappa shape index (κ2) is 4.60. The van der Waals surface area contributed by atoms with Crippen molar-refractivity contribution in [2.24, 2.45) is 4.99 Å². The van der Waals surface area contributed by atoms with Crippen LogP contribution in [0.4, 0.5) is 18.9 Å². The van der Waals surface area contributed by atoms with Crippen LogP contribution in [0.5, 0.6) is 0 Å². The maximum absolute atomic E-state index is 12.3. The largest absolute Gasteiger partial charge is 0.416 e. The number of hydrogen-bond donors (Lipinski definition) is 1. The molecule has 0 saturated carbocycles. The van der Waals surface area contributed by atoms with E-state index in [2.05, 4.69) is 17.2 Å². The number of alkyl halides is 3. The summed E-state index contributed by atoms with van der Waals surface area (Å²) >= 11 is 1.59. The number of rotatable bonds is 1. The zero-order valence-corrected chi connectivity index (χ0v) is 9.90. The lowest BCUT2D eigenvalue weighted by Crippen LogP contribution is -2.08. The highest BCUT2D eigenvalue weighted by Crippen LogP contribution is 2.30. The molecule has 1 atom stereocenters. The molecule has 1 aliphatic rings. The third-order valence-corrected chi connectivity index (χ3v) is 3.27. The maximum atomic E-state index is 12.3. The monoisotopic (exact) mass is 260 g/mol. The van der Waals surface area contributed by atoms with E-state index in [1.54, 1.807) is 11.8 Å². The normalized spacial score (nSPS) is 20.2. The first-order valence-electron chi connectivity index (χ1n) is 5.10. The highest BCUT2D eigenvalue weighted by Gasteiger charge is 2.30.